The number of halogens is 2. The average Bonchev–Trinajstić information content (AvgIpc) is 2.42. The minimum atomic E-state index is -0.334. The molecule has 19 heavy (non-hydrogen) atoms. The predicted molar refractivity (Wildman–Crippen MR) is 82.5 cm³/mol. The van der Waals surface area contributed by atoms with Gasteiger partial charge in [-0.25, -0.2) is 4.39 Å². The molecule has 0 aromatic heterocycles. The molecule has 1 aromatic rings. The van der Waals surface area contributed by atoms with Crippen molar-refractivity contribution in [1.82, 2.24) is 5.32 Å². The van der Waals surface area contributed by atoms with Crippen molar-refractivity contribution in [2.45, 2.75) is 49.9 Å². The average molecular weight is 302 g/mol. The lowest BCUT2D eigenvalue weighted by molar-refractivity contribution is 0.352. The number of hydrogen-bond donors (Lipinski definition) is 1. The van der Waals surface area contributed by atoms with E-state index in [1.54, 1.807) is 6.07 Å². The van der Waals surface area contributed by atoms with Gasteiger partial charge in [0.2, 0.25) is 0 Å². The van der Waals surface area contributed by atoms with E-state index in [4.69, 9.17) is 11.6 Å². The summed E-state index contributed by atoms with van der Waals surface area (Å²) >= 11 is 7.69. The summed E-state index contributed by atoms with van der Waals surface area (Å²) in [5, 5.41) is 4.62. The molecule has 1 fully saturated rings. The van der Waals surface area contributed by atoms with Gasteiger partial charge in [0.1, 0.15) is 5.82 Å². The maximum Gasteiger partial charge on any atom is 0.142 e. The lowest BCUT2D eigenvalue weighted by Crippen LogP contribution is -2.35. The Labute approximate surface area is 124 Å². The van der Waals surface area contributed by atoms with E-state index in [1.807, 2.05) is 17.8 Å². The molecule has 106 valence electrons. The summed E-state index contributed by atoms with van der Waals surface area (Å²) in [5.41, 5.74) is 0.967. The number of benzene rings is 1. The smallest absolute Gasteiger partial charge is 0.142 e. The van der Waals surface area contributed by atoms with E-state index in [-0.39, 0.29) is 16.9 Å². The fourth-order valence-corrected chi connectivity index (χ4v) is 3.56. The highest BCUT2D eigenvalue weighted by molar-refractivity contribution is 7.99. The second-order valence-corrected chi connectivity index (χ2v) is 6.82. The largest absolute Gasteiger partial charge is 0.307 e. The molecule has 0 spiro atoms. The summed E-state index contributed by atoms with van der Waals surface area (Å²) in [4.78, 5) is 0. The van der Waals surface area contributed by atoms with E-state index in [9.17, 15) is 4.39 Å². The summed E-state index contributed by atoms with van der Waals surface area (Å²) in [7, 11) is 0. The van der Waals surface area contributed by atoms with Crippen molar-refractivity contribution in [3.63, 3.8) is 0 Å². The van der Waals surface area contributed by atoms with Crippen LogP contribution in [0.1, 0.15) is 44.2 Å². The van der Waals surface area contributed by atoms with Crippen LogP contribution in [0.5, 0.6) is 0 Å². The van der Waals surface area contributed by atoms with Crippen LogP contribution < -0.4 is 5.32 Å². The van der Waals surface area contributed by atoms with E-state index in [2.05, 4.69) is 18.5 Å². The quantitative estimate of drug-likeness (QED) is 0.857. The molecule has 1 N–H and O–H groups in total. The van der Waals surface area contributed by atoms with Gasteiger partial charge in [-0.15, -0.1) is 0 Å². The molecule has 0 amide bonds. The van der Waals surface area contributed by atoms with Crippen molar-refractivity contribution in [1.29, 1.82) is 0 Å². The maximum atomic E-state index is 13.5. The van der Waals surface area contributed by atoms with Crippen LogP contribution in [0.15, 0.2) is 18.2 Å². The van der Waals surface area contributed by atoms with Crippen molar-refractivity contribution < 1.29 is 4.39 Å². The third-order valence-electron chi connectivity index (χ3n) is 3.94. The Balaban J connectivity index is 1.90. The summed E-state index contributed by atoms with van der Waals surface area (Å²) < 4.78 is 13.5. The van der Waals surface area contributed by atoms with Gasteiger partial charge in [0.25, 0.3) is 0 Å². The molecule has 1 aliphatic carbocycles. The number of thioether (sulfide) groups is 1. The summed E-state index contributed by atoms with van der Waals surface area (Å²) in [5.74, 6) is -0.334. The standard InChI is InChI=1S/C15H21ClFNS/c1-10(11-3-8-14(16)15(17)9-11)18-12-4-6-13(19-2)7-5-12/h3,8-10,12-13,18H,4-7H2,1-2H3. The lowest BCUT2D eigenvalue weighted by Gasteiger charge is -2.30. The Hall–Kier alpha value is -0.250. The van der Waals surface area contributed by atoms with E-state index in [0.717, 1.165) is 10.8 Å². The molecule has 0 saturated heterocycles. The Morgan fingerprint density at radius 3 is 2.58 bits per heavy atom. The highest BCUT2D eigenvalue weighted by atomic mass is 35.5. The molecule has 1 nitrogen and oxygen atoms in total. The molecular weight excluding hydrogens is 281 g/mol. The second-order valence-electron chi connectivity index (χ2n) is 5.27. The van der Waals surface area contributed by atoms with Gasteiger partial charge >= 0.3 is 0 Å². The Morgan fingerprint density at radius 1 is 1.32 bits per heavy atom. The van der Waals surface area contributed by atoms with Gasteiger partial charge < -0.3 is 5.32 Å². The lowest BCUT2D eigenvalue weighted by atomic mass is 9.93. The maximum absolute atomic E-state index is 13.5. The Kier molecular flexibility index (Phi) is 5.55. The normalized spacial score (nSPS) is 25.3. The zero-order valence-corrected chi connectivity index (χ0v) is 13.0. The van der Waals surface area contributed by atoms with Crippen molar-refractivity contribution >= 4 is 23.4 Å². The topological polar surface area (TPSA) is 12.0 Å². The Morgan fingerprint density at radius 2 is 2.00 bits per heavy atom. The molecule has 1 aromatic carbocycles. The minimum absolute atomic E-state index is 0.169. The van der Waals surface area contributed by atoms with Crippen molar-refractivity contribution in [2.75, 3.05) is 6.26 Å². The van der Waals surface area contributed by atoms with E-state index >= 15 is 0 Å². The van der Waals surface area contributed by atoms with E-state index in [0.29, 0.717) is 6.04 Å². The molecule has 1 aliphatic rings. The van der Waals surface area contributed by atoms with E-state index < -0.39 is 0 Å². The molecule has 1 saturated carbocycles. The predicted octanol–water partition coefficient (Wildman–Crippen LogP) is 4.80. The molecule has 1 atom stereocenters. The van der Waals surface area contributed by atoms with Crippen LogP contribution >= 0.6 is 23.4 Å². The van der Waals surface area contributed by atoms with Crippen LogP contribution in [0, 0.1) is 5.82 Å². The zero-order valence-electron chi connectivity index (χ0n) is 11.5. The highest BCUT2D eigenvalue weighted by Crippen LogP contribution is 2.28. The van der Waals surface area contributed by atoms with Crippen molar-refractivity contribution in [2.24, 2.45) is 0 Å². The fraction of sp³-hybridized carbons (Fsp3) is 0.600. The second kappa shape index (κ2) is 6.96. The molecular formula is C15H21ClFNS. The molecule has 2 rings (SSSR count). The van der Waals surface area contributed by atoms with Crippen molar-refractivity contribution in [3.05, 3.63) is 34.6 Å². The van der Waals surface area contributed by atoms with Gasteiger partial charge in [-0.2, -0.15) is 11.8 Å². The fourth-order valence-electron chi connectivity index (χ4n) is 2.70. The summed E-state index contributed by atoms with van der Waals surface area (Å²) in [6.07, 6.45) is 7.18. The van der Waals surface area contributed by atoms with Gasteiger partial charge in [0.15, 0.2) is 0 Å². The van der Waals surface area contributed by atoms with Crippen LogP contribution in [-0.4, -0.2) is 17.5 Å². The zero-order chi connectivity index (χ0) is 13.8. The molecule has 0 bridgehead atoms. The molecule has 1 unspecified atom stereocenters. The third kappa shape index (κ3) is 4.11. The molecule has 4 heteroatoms. The summed E-state index contributed by atoms with van der Waals surface area (Å²) in [6, 6.07) is 5.79. The summed E-state index contributed by atoms with van der Waals surface area (Å²) in [6.45, 7) is 2.09. The monoisotopic (exact) mass is 301 g/mol. The van der Waals surface area contributed by atoms with Crippen LogP contribution in [0.25, 0.3) is 0 Å². The van der Waals surface area contributed by atoms with Crippen LogP contribution in [-0.2, 0) is 0 Å². The van der Waals surface area contributed by atoms with Gasteiger partial charge in [-0.3, -0.25) is 0 Å². The SMILES string of the molecule is CSC1CCC(NC(C)c2ccc(Cl)c(F)c2)CC1. The van der Waals surface area contributed by atoms with Gasteiger partial charge in [0.05, 0.1) is 5.02 Å². The van der Waals surface area contributed by atoms with E-state index in [1.165, 1.54) is 31.7 Å². The molecule has 0 heterocycles. The van der Waals surface area contributed by atoms with Gasteiger partial charge in [-0.05, 0) is 56.6 Å². The number of rotatable bonds is 4. The highest BCUT2D eigenvalue weighted by Gasteiger charge is 2.22. The Bertz CT molecular complexity index is 419. The van der Waals surface area contributed by atoms with Crippen molar-refractivity contribution in [3.8, 4) is 0 Å². The first-order valence-electron chi connectivity index (χ1n) is 6.84. The first-order valence-corrected chi connectivity index (χ1v) is 8.50. The van der Waals surface area contributed by atoms with Gasteiger partial charge in [0, 0.05) is 17.3 Å². The van der Waals surface area contributed by atoms with Crippen LogP contribution in [0.3, 0.4) is 0 Å². The molecule has 0 radical (unpaired) electrons. The number of hydrogen-bond acceptors (Lipinski definition) is 2. The van der Waals surface area contributed by atoms with Crippen LogP contribution in [0.4, 0.5) is 4.39 Å². The first-order chi connectivity index (χ1) is 9.10. The molecule has 0 aliphatic heterocycles. The van der Waals surface area contributed by atoms with Gasteiger partial charge in [-0.1, -0.05) is 17.7 Å². The first kappa shape index (κ1) is 15.1. The minimum Gasteiger partial charge on any atom is -0.307 e. The third-order valence-corrected chi connectivity index (χ3v) is 5.38. The van der Waals surface area contributed by atoms with Crippen LogP contribution in [0.2, 0.25) is 5.02 Å². The number of nitrogens with one attached hydrogen (secondary N) is 1.